The van der Waals surface area contributed by atoms with Crippen molar-refractivity contribution in [1.82, 2.24) is 15.0 Å². The molecule has 0 bridgehead atoms. The minimum absolute atomic E-state index is 0.0984. The molecule has 0 unspecified atom stereocenters. The van der Waals surface area contributed by atoms with Crippen LogP contribution in [-0.2, 0) is 5.41 Å². The van der Waals surface area contributed by atoms with E-state index >= 15 is 0 Å². The molecule has 0 amide bonds. The smallest absolute Gasteiger partial charge is 0.160 e. The maximum Gasteiger partial charge on any atom is 0.160 e. The zero-order chi connectivity index (χ0) is 33.0. The average molecular weight is 628 g/mol. The van der Waals surface area contributed by atoms with Gasteiger partial charge in [-0.2, -0.15) is 0 Å². The van der Waals surface area contributed by atoms with Crippen molar-refractivity contribution in [3.63, 3.8) is 0 Å². The standard InChI is InChI=1S/C46H33N3/c1-46(2)40-22-10-21-38(44(40)39-26-32-14-6-7-15-33(32)27-41(39)46)34-17-9-19-36(25-34)43-28-42(48-45(49-43)30-12-4-3-5-13-30)35-18-8-16-31(24-35)37-20-11-23-47-29-37/h3-29H,1-2H3. The second kappa shape index (κ2) is 11.5. The third-order valence-electron chi connectivity index (χ3n) is 9.95. The predicted octanol–water partition coefficient (Wildman–Crippen LogP) is 11.7. The Balaban J connectivity index is 1.20. The first-order chi connectivity index (χ1) is 24.0. The van der Waals surface area contributed by atoms with E-state index in [1.165, 1.54) is 44.2 Å². The zero-order valence-corrected chi connectivity index (χ0v) is 27.4. The van der Waals surface area contributed by atoms with Crippen molar-refractivity contribution in [3.8, 4) is 67.3 Å². The average Bonchev–Trinajstić information content (AvgIpc) is 3.39. The Bertz CT molecular complexity index is 2520. The molecule has 0 saturated heterocycles. The normalized spacial score (nSPS) is 12.9. The van der Waals surface area contributed by atoms with Gasteiger partial charge in [0.25, 0.3) is 0 Å². The summed E-state index contributed by atoms with van der Waals surface area (Å²) in [7, 11) is 0. The molecule has 6 aromatic carbocycles. The van der Waals surface area contributed by atoms with Crippen LogP contribution in [0.2, 0.25) is 0 Å². The molecule has 3 nitrogen and oxygen atoms in total. The topological polar surface area (TPSA) is 38.7 Å². The van der Waals surface area contributed by atoms with E-state index in [9.17, 15) is 0 Å². The molecule has 2 aromatic heterocycles. The molecule has 2 heterocycles. The summed E-state index contributed by atoms with van der Waals surface area (Å²) >= 11 is 0. The Kier molecular flexibility index (Phi) is 6.80. The van der Waals surface area contributed by atoms with E-state index in [2.05, 4.69) is 146 Å². The molecule has 9 rings (SSSR count). The van der Waals surface area contributed by atoms with Crippen LogP contribution < -0.4 is 0 Å². The van der Waals surface area contributed by atoms with E-state index in [1.54, 1.807) is 6.20 Å². The molecule has 0 N–H and O–H groups in total. The highest BCUT2D eigenvalue weighted by Crippen LogP contribution is 2.53. The highest BCUT2D eigenvalue weighted by atomic mass is 14.9. The van der Waals surface area contributed by atoms with Crippen molar-refractivity contribution >= 4 is 10.8 Å². The maximum atomic E-state index is 5.16. The number of rotatable bonds is 5. The predicted molar refractivity (Wildman–Crippen MR) is 202 cm³/mol. The van der Waals surface area contributed by atoms with E-state index in [0.717, 1.165) is 39.2 Å². The van der Waals surface area contributed by atoms with Crippen molar-refractivity contribution in [3.05, 3.63) is 175 Å². The number of aromatic nitrogens is 3. The SMILES string of the molecule is CC1(C)c2cc3ccccc3cc2-c2c(-c3cccc(-c4cc(-c5cccc(-c6cccnc6)c5)nc(-c5ccccc5)n4)c3)cccc21. The lowest BCUT2D eigenvalue weighted by molar-refractivity contribution is 0.661. The fourth-order valence-corrected chi connectivity index (χ4v) is 7.41. The minimum atomic E-state index is -0.0984. The first kappa shape index (κ1) is 29.0. The lowest BCUT2D eigenvalue weighted by Gasteiger charge is -2.22. The molecule has 0 saturated carbocycles. The molecule has 0 aliphatic heterocycles. The first-order valence-corrected chi connectivity index (χ1v) is 16.8. The minimum Gasteiger partial charge on any atom is -0.264 e. The van der Waals surface area contributed by atoms with Crippen molar-refractivity contribution in [2.45, 2.75) is 19.3 Å². The number of hydrogen-bond acceptors (Lipinski definition) is 3. The van der Waals surface area contributed by atoms with Crippen molar-refractivity contribution in [2.75, 3.05) is 0 Å². The third kappa shape index (κ3) is 5.03. The van der Waals surface area contributed by atoms with Gasteiger partial charge in [0, 0.05) is 40.1 Å². The van der Waals surface area contributed by atoms with Crippen LogP contribution in [0.5, 0.6) is 0 Å². The van der Waals surface area contributed by atoms with Gasteiger partial charge in [-0.05, 0) is 86.1 Å². The van der Waals surface area contributed by atoms with E-state index in [-0.39, 0.29) is 5.41 Å². The molecule has 0 atom stereocenters. The third-order valence-corrected chi connectivity index (χ3v) is 9.95. The van der Waals surface area contributed by atoms with E-state index < -0.39 is 0 Å². The van der Waals surface area contributed by atoms with E-state index in [0.29, 0.717) is 5.82 Å². The fraction of sp³-hybridized carbons (Fsp3) is 0.0652. The van der Waals surface area contributed by atoms with Crippen molar-refractivity contribution in [1.29, 1.82) is 0 Å². The van der Waals surface area contributed by atoms with Gasteiger partial charge in [0.2, 0.25) is 0 Å². The molecule has 49 heavy (non-hydrogen) atoms. The van der Waals surface area contributed by atoms with Gasteiger partial charge in [0.15, 0.2) is 5.82 Å². The van der Waals surface area contributed by atoms with Gasteiger partial charge in [-0.1, -0.05) is 129 Å². The summed E-state index contributed by atoms with van der Waals surface area (Å²) < 4.78 is 0. The largest absolute Gasteiger partial charge is 0.264 e. The molecule has 0 spiro atoms. The van der Waals surface area contributed by atoms with Crippen LogP contribution in [0.3, 0.4) is 0 Å². The van der Waals surface area contributed by atoms with Crippen LogP contribution in [0, 0.1) is 0 Å². The highest BCUT2D eigenvalue weighted by molar-refractivity contribution is 5.99. The number of nitrogens with zero attached hydrogens (tertiary/aromatic N) is 3. The van der Waals surface area contributed by atoms with Crippen LogP contribution >= 0.6 is 0 Å². The number of pyridine rings is 1. The van der Waals surface area contributed by atoms with Crippen molar-refractivity contribution < 1.29 is 0 Å². The van der Waals surface area contributed by atoms with E-state index in [4.69, 9.17) is 9.97 Å². The van der Waals surface area contributed by atoms with Gasteiger partial charge in [0.1, 0.15) is 0 Å². The Hall–Kier alpha value is -6.19. The molecule has 232 valence electrons. The molecule has 3 heteroatoms. The highest BCUT2D eigenvalue weighted by Gasteiger charge is 2.37. The first-order valence-electron chi connectivity index (χ1n) is 16.8. The summed E-state index contributed by atoms with van der Waals surface area (Å²) in [5.41, 5.74) is 14.7. The summed E-state index contributed by atoms with van der Waals surface area (Å²) in [5, 5.41) is 2.55. The number of hydrogen-bond donors (Lipinski definition) is 0. The summed E-state index contributed by atoms with van der Waals surface area (Å²) in [6.07, 6.45) is 3.70. The van der Waals surface area contributed by atoms with Crippen LogP contribution in [0.1, 0.15) is 25.0 Å². The molecule has 1 aliphatic carbocycles. The summed E-state index contributed by atoms with van der Waals surface area (Å²) in [5.74, 6) is 0.702. The monoisotopic (exact) mass is 627 g/mol. The summed E-state index contributed by atoms with van der Waals surface area (Å²) in [6.45, 7) is 4.70. The van der Waals surface area contributed by atoms with Gasteiger partial charge >= 0.3 is 0 Å². The summed E-state index contributed by atoms with van der Waals surface area (Å²) in [6, 6.07) is 54.0. The fourth-order valence-electron chi connectivity index (χ4n) is 7.41. The Morgan fingerprint density at radius 3 is 1.78 bits per heavy atom. The molecule has 0 radical (unpaired) electrons. The second-order valence-electron chi connectivity index (χ2n) is 13.3. The lowest BCUT2D eigenvalue weighted by Crippen LogP contribution is -2.14. The molecular weight excluding hydrogens is 595 g/mol. The molecular formula is C46H33N3. The lowest BCUT2D eigenvalue weighted by atomic mass is 9.81. The zero-order valence-electron chi connectivity index (χ0n) is 27.4. The Morgan fingerprint density at radius 1 is 0.429 bits per heavy atom. The van der Waals surface area contributed by atoms with Crippen LogP contribution in [0.4, 0.5) is 0 Å². The van der Waals surface area contributed by atoms with Crippen molar-refractivity contribution in [2.24, 2.45) is 0 Å². The summed E-state index contributed by atoms with van der Waals surface area (Å²) in [4.78, 5) is 14.6. The quantitative estimate of drug-likeness (QED) is 0.191. The Labute approximate surface area is 286 Å². The molecule has 8 aromatic rings. The van der Waals surface area contributed by atoms with Gasteiger partial charge in [-0.3, -0.25) is 4.98 Å². The Morgan fingerprint density at radius 2 is 1.04 bits per heavy atom. The van der Waals surface area contributed by atoms with Gasteiger partial charge in [0.05, 0.1) is 11.4 Å². The van der Waals surface area contributed by atoms with Gasteiger partial charge in [-0.15, -0.1) is 0 Å². The maximum absolute atomic E-state index is 5.16. The van der Waals surface area contributed by atoms with Gasteiger partial charge < -0.3 is 0 Å². The number of benzene rings is 6. The van der Waals surface area contributed by atoms with E-state index in [1.807, 2.05) is 30.5 Å². The second-order valence-corrected chi connectivity index (χ2v) is 13.3. The van der Waals surface area contributed by atoms with Crippen LogP contribution in [0.25, 0.3) is 78.1 Å². The molecule has 1 aliphatic rings. The number of fused-ring (bicyclic) bond motifs is 4. The van der Waals surface area contributed by atoms with Crippen LogP contribution in [0.15, 0.2) is 164 Å². The molecule has 0 fully saturated rings. The van der Waals surface area contributed by atoms with Gasteiger partial charge in [-0.25, -0.2) is 9.97 Å². The van der Waals surface area contributed by atoms with Crippen LogP contribution in [-0.4, -0.2) is 15.0 Å².